The number of amides is 1. The Hall–Kier alpha value is -1.95. The molecule has 25 heavy (non-hydrogen) atoms. The molecule has 1 aliphatic heterocycles. The monoisotopic (exact) mass is 362 g/mol. The van der Waals surface area contributed by atoms with Crippen molar-refractivity contribution in [3.63, 3.8) is 0 Å². The predicted octanol–water partition coefficient (Wildman–Crippen LogP) is 2.84. The van der Waals surface area contributed by atoms with Crippen LogP contribution in [0.3, 0.4) is 0 Å². The molecule has 6 heteroatoms. The molecule has 0 spiro atoms. The third-order valence-electron chi connectivity index (χ3n) is 4.41. The molecule has 2 atom stereocenters. The van der Waals surface area contributed by atoms with Crippen LogP contribution in [0.25, 0.3) is 0 Å². The van der Waals surface area contributed by atoms with Gasteiger partial charge in [-0.1, -0.05) is 35.9 Å². The zero-order chi connectivity index (χ0) is 17.8. The Balaban J connectivity index is 1.55. The molecule has 1 aliphatic rings. The van der Waals surface area contributed by atoms with Gasteiger partial charge in [0, 0.05) is 25.2 Å². The molecule has 0 radical (unpaired) electrons. The fourth-order valence-corrected chi connectivity index (χ4v) is 3.25. The lowest BCUT2D eigenvalue weighted by molar-refractivity contribution is 0.0349. The number of piperidine rings is 1. The Kier molecular flexibility index (Phi) is 5.68. The summed E-state index contributed by atoms with van der Waals surface area (Å²) in [6, 6.07) is 13.3. The fourth-order valence-electron chi connectivity index (χ4n) is 3.05. The van der Waals surface area contributed by atoms with E-state index >= 15 is 0 Å². The number of hydrogen-bond donors (Lipinski definition) is 2. The zero-order valence-corrected chi connectivity index (χ0v) is 14.4. The van der Waals surface area contributed by atoms with Crippen molar-refractivity contribution in [3.05, 3.63) is 70.5 Å². The highest BCUT2D eigenvalue weighted by Gasteiger charge is 2.29. The van der Waals surface area contributed by atoms with Crippen LogP contribution in [0.4, 0.5) is 4.39 Å². The number of nitrogens with zero attached hydrogens (tertiary/aromatic N) is 1. The smallest absolute Gasteiger partial charge is 0.251 e. The number of rotatable bonds is 4. The van der Waals surface area contributed by atoms with Crippen molar-refractivity contribution in [2.75, 3.05) is 13.1 Å². The maximum atomic E-state index is 13.2. The molecule has 1 saturated heterocycles. The number of nitrogens with one attached hydrogen (secondary N) is 1. The Labute approximate surface area is 151 Å². The molecule has 0 saturated carbocycles. The van der Waals surface area contributed by atoms with Gasteiger partial charge in [-0.05, 0) is 36.2 Å². The second-order valence-corrected chi connectivity index (χ2v) is 6.69. The van der Waals surface area contributed by atoms with E-state index in [1.165, 1.54) is 6.07 Å². The summed E-state index contributed by atoms with van der Waals surface area (Å²) in [6.07, 6.45) is -0.00776. The molecule has 2 aromatic rings. The molecule has 3 rings (SSSR count). The highest BCUT2D eigenvalue weighted by atomic mass is 35.5. The maximum Gasteiger partial charge on any atom is 0.251 e. The predicted molar refractivity (Wildman–Crippen MR) is 95.0 cm³/mol. The second-order valence-electron chi connectivity index (χ2n) is 6.29. The van der Waals surface area contributed by atoms with Crippen LogP contribution < -0.4 is 5.32 Å². The van der Waals surface area contributed by atoms with Crippen molar-refractivity contribution in [1.82, 2.24) is 10.2 Å². The van der Waals surface area contributed by atoms with Gasteiger partial charge in [-0.2, -0.15) is 0 Å². The van der Waals surface area contributed by atoms with E-state index in [0.717, 1.165) is 12.1 Å². The standard InChI is InChI=1S/C19H20ClFN2O2/c20-15-10-13(6-7-16(15)21)11-23-9-8-17(18(24)12-23)22-19(25)14-4-2-1-3-5-14/h1-7,10,17-18,24H,8-9,11-12H2,(H,22,25)/t17-,18-/m1/s1. The molecule has 1 heterocycles. The van der Waals surface area contributed by atoms with E-state index in [4.69, 9.17) is 11.6 Å². The number of β-amino-alcohol motifs (C(OH)–C–C–N with tert-alkyl or cyclic N) is 1. The van der Waals surface area contributed by atoms with Crippen LogP contribution in [0.2, 0.25) is 5.02 Å². The van der Waals surface area contributed by atoms with Gasteiger partial charge in [0.1, 0.15) is 5.82 Å². The molecule has 0 aromatic heterocycles. The lowest BCUT2D eigenvalue weighted by Gasteiger charge is -2.36. The average molecular weight is 363 g/mol. The second kappa shape index (κ2) is 7.95. The highest BCUT2D eigenvalue weighted by Crippen LogP contribution is 2.19. The number of likely N-dealkylation sites (tertiary alicyclic amines) is 1. The quantitative estimate of drug-likeness (QED) is 0.879. The lowest BCUT2D eigenvalue weighted by atomic mass is 10.0. The lowest BCUT2D eigenvalue weighted by Crippen LogP contribution is -2.53. The molecule has 2 aromatic carbocycles. The van der Waals surface area contributed by atoms with Gasteiger partial charge in [0.25, 0.3) is 5.91 Å². The van der Waals surface area contributed by atoms with Crippen LogP contribution in [0.5, 0.6) is 0 Å². The first-order valence-electron chi connectivity index (χ1n) is 8.23. The number of aliphatic hydroxyl groups excluding tert-OH is 1. The number of benzene rings is 2. The van der Waals surface area contributed by atoms with Gasteiger partial charge in [0.05, 0.1) is 17.2 Å². The van der Waals surface area contributed by atoms with Crippen molar-refractivity contribution >= 4 is 17.5 Å². The van der Waals surface area contributed by atoms with Gasteiger partial charge in [0.2, 0.25) is 0 Å². The molecule has 4 nitrogen and oxygen atoms in total. The highest BCUT2D eigenvalue weighted by molar-refractivity contribution is 6.30. The zero-order valence-electron chi connectivity index (χ0n) is 13.7. The van der Waals surface area contributed by atoms with Gasteiger partial charge in [-0.25, -0.2) is 4.39 Å². The van der Waals surface area contributed by atoms with Crippen molar-refractivity contribution < 1.29 is 14.3 Å². The van der Waals surface area contributed by atoms with Crippen LogP contribution in [-0.2, 0) is 6.54 Å². The molecule has 0 bridgehead atoms. The van der Waals surface area contributed by atoms with Crippen molar-refractivity contribution in [1.29, 1.82) is 0 Å². The summed E-state index contributed by atoms with van der Waals surface area (Å²) in [5.41, 5.74) is 1.48. The van der Waals surface area contributed by atoms with Crippen molar-refractivity contribution in [2.45, 2.75) is 25.1 Å². The summed E-state index contributed by atoms with van der Waals surface area (Å²) in [7, 11) is 0. The third-order valence-corrected chi connectivity index (χ3v) is 4.70. The first-order valence-corrected chi connectivity index (χ1v) is 8.61. The Bertz CT molecular complexity index is 741. The van der Waals surface area contributed by atoms with Crippen LogP contribution in [-0.4, -0.2) is 41.1 Å². The van der Waals surface area contributed by atoms with Gasteiger partial charge in [-0.15, -0.1) is 0 Å². The van der Waals surface area contributed by atoms with Crippen molar-refractivity contribution in [2.24, 2.45) is 0 Å². The Morgan fingerprint density at radius 2 is 2.04 bits per heavy atom. The largest absolute Gasteiger partial charge is 0.390 e. The number of hydrogen-bond acceptors (Lipinski definition) is 3. The fraction of sp³-hybridized carbons (Fsp3) is 0.316. The number of carbonyl (C=O) groups excluding carboxylic acids is 1. The Morgan fingerprint density at radius 1 is 1.28 bits per heavy atom. The van der Waals surface area contributed by atoms with E-state index in [1.54, 1.807) is 24.3 Å². The Morgan fingerprint density at radius 3 is 2.72 bits per heavy atom. The number of carbonyl (C=O) groups is 1. The summed E-state index contributed by atoms with van der Waals surface area (Å²) in [5.74, 6) is -0.615. The van der Waals surface area contributed by atoms with Crippen LogP contribution in [0, 0.1) is 5.82 Å². The minimum atomic E-state index is -0.655. The first-order chi connectivity index (χ1) is 12.0. The van der Waals surface area contributed by atoms with E-state index in [2.05, 4.69) is 10.2 Å². The number of halogens is 2. The van der Waals surface area contributed by atoms with E-state index in [9.17, 15) is 14.3 Å². The first kappa shape index (κ1) is 17.9. The normalized spacial score (nSPS) is 21.1. The summed E-state index contributed by atoms with van der Waals surface area (Å²) >= 11 is 5.81. The minimum Gasteiger partial charge on any atom is -0.390 e. The molecule has 1 fully saturated rings. The van der Waals surface area contributed by atoms with E-state index in [1.807, 2.05) is 18.2 Å². The topological polar surface area (TPSA) is 52.6 Å². The number of aliphatic hydroxyl groups is 1. The molecule has 2 N–H and O–H groups in total. The van der Waals surface area contributed by atoms with E-state index in [-0.39, 0.29) is 17.0 Å². The summed E-state index contributed by atoms with van der Waals surface area (Å²) < 4.78 is 13.2. The molecule has 0 unspecified atom stereocenters. The summed E-state index contributed by atoms with van der Waals surface area (Å²) in [6.45, 7) is 1.75. The summed E-state index contributed by atoms with van der Waals surface area (Å²) in [5, 5.41) is 13.4. The molecular formula is C19H20ClFN2O2. The summed E-state index contributed by atoms with van der Waals surface area (Å²) in [4.78, 5) is 14.3. The molecular weight excluding hydrogens is 343 g/mol. The molecule has 1 amide bonds. The van der Waals surface area contributed by atoms with Gasteiger partial charge >= 0.3 is 0 Å². The molecule has 0 aliphatic carbocycles. The minimum absolute atomic E-state index is 0.100. The van der Waals surface area contributed by atoms with Gasteiger partial charge in [0.15, 0.2) is 0 Å². The SMILES string of the molecule is O=C(N[C@@H]1CCN(Cc2ccc(F)c(Cl)c2)C[C@H]1O)c1ccccc1. The third kappa shape index (κ3) is 4.57. The van der Waals surface area contributed by atoms with Crippen LogP contribution >= 0.6 is 11.6 Å². The average Bonchev–Trinajstić information content (AvgIpc) is 2.61. The van der Waals surface area contributed by atoms with E-state index in [0.29, 0.717) is 25.1 Å². The van der Waals surface area contributed by atoms with Gasteiger partial charge < -0.3 is 10.4 Å². The van der Waals surface area contributed by atoms with Crippen LogP contribution in [0.15, 0.2) is 48.5 Å². The van der Waals surface area contributed by atoms with Crippen LogP contribution in [0.1, 0.15) is 22.3 Å². The van der Waals surface area contributed by atoms with E-state index < -0.39 is 11.9 Å². The van der Waals surface area contributed by atoms with Crippen molar-refractivity contribution in [3.8, 4) is 0 Å². The molecule has 132 valence electrons. The maximum absolute atomic E-state index is 13.2. The van der Waals surface area contributed by atoms with Gasteiger partial charge in [-0.3, -0.25) is 9.69 Å².